The van der Waals surface area contributed by atoms with E-state index < -0.39 is 65.7 Å². The number of alkyl carbamates (subject to hydrolysis) is 1. The Bertz CT molecular complexity index is 1570. The van der Waals surface area contributed by atoms with Crippen LogP contribution in [0, 0.1) is 5.92 Å². The smallest absolute Gasteiger partial charge is 0.409 e. The Balaban J connectivity index is 1.74. The van der Waals surface area contributed by atoms with Crippen LogP contribution in [-0.4, -0.2) is 115 Å². The number of carbonyl (C=O) groups is 4. The molecular weight excluding hydrogens is 714 g/mol. The van der Waals surface area contributed by atoms with Crippen molar-refractivity contribution in [2.24, 2.45) is 5.92 Å². The lowest BCUT2D eigenvalue weighted by Crippen LogP contribution is -2.63. The first-order valence-electron chi connectivity index (χ1n) is 17.4. The van der Waals surface area contributed by atoms with E-state index in [1.54, 1.807) is 70.9 Å². The van der Waals surface area contributed by atoms with Gasteiger partial charge in [-0.1, -0.05) is 49.2 Å². The number of rotatable bonds is 9. The van der Waals surface area contributed by atoms with Crippen LogP contribution in [0.25, 0.3) is 0 Å². The van der Waals surface area contributed by atoms with Gasteiger partial charge in [0, 0.05) is 45.7 Å². The Morgan fingerprint density at radius 2 is 1.98 bits per heavy atom. The van der Waals surface area contributed by atoms with Gasteiger partial charge in [-0.05, 0) is 50.6 Å². The summed E-state index contributed by atoms with van der Waals surface area (Å²) in [4.78, 5) is 56.2. The highest BCUT2D eigenvalue weighted by atomic mass is 35.5. The van der Waals surface area contributed by atoms with Crippen molar-refractivity contribution in [2.45, 2.75) is 102 Å². The molecule has 3 heterocycles. The first kappa shape index (κ1) is 41.5. The zero-order valence-electron chi connectivity index (χ0n) is 31.4. The molecule has 52 heavy (non-hydrogen) atoms. The van der Waals surface area contributed by atoms with Crippen molar-refractivity contribution in [1.29, 1.82) is 0 Å². The summed E-state index contributed by atoms with van der Waals surface area (Å²) in [5.74, 6) is 0.0159. The minimum atomic E-state index is -1.82. The van der Waals surface area contributed by atoms with Gasteiger partial charge in [-0.25, -0.2) is 9.59 Å². The van der Waals surface area contributed by atoms with Gasteiger partial charge in [0.2, 0.25) is 11.8 Å². The molecule has 1 aromatic rings. The molecule has 0 unspecified atom stereocenters. The van der Waals surface area contributed by atoms with Gasteiger partial charge in [-0.2, -0.15) is 11.8 Å². The lowest BCUT2D eigenvalue weighted by atomic mass is 9.83. The van der Waals surface area contributed by atoms with Gasteiger partial charge in [-0.3, -0.25) is 14.9 Å². The molecule has 2 saturated heterocycles. The molecule has 288 valence electrons. The maximum atomic E-state index is 14.1. The fourth-order valence-corrected chi connectivity index (χ4v) is 7.62. The number of anilines is 1. The molecular formula is C37H52ClN3O10S. The van der Waals surface area contributed by atoms with Crippen LogP contribution in [0.5, 0.6) is 5.75 Å². The molecule has 4 bridgehead atoms. The number of amides is 3. The molecule has 3 aliphatic rings. The van der Waals surface area contributed by atoms with Crippen LogP contribution in [0.3, 0.4) is 0 Å². The van der Waals surface area contributed by atoms with E-state index in [1.807, 2.05) is 19.9 Å². The molecule has 2 fully saturated rings. The Hall–Kier alpha value is -3.30. The third-order valence-electron chi connectivity index (χ3n) is 10.2. The van der Waals surface area contributed by atoms with Gasteiger partial charge < -0.3 is 38.6 Å². The van der Waals surface area contributed by atoms with Crippen molar-refractivity contribution in [1.82, 2.24) is 10.2 Å². The third-order valence-corrected chi connectivity index (χ3v) is 11.5. The summed E-state index contributed by atoms with van der Waals surface area (Å²) in [7, 11) is 6.06. The van der Waals surface area contributed by atoms with Crippen LogP contribution < -0.4 is 15.0 Å². The first-order valence-corrected chi connectivity index (χ1v) is 18.9. The molecule has 3 amide bonds. The Kier molecular flexibility index (Phi) is 13.7. The van der Waals surface area contributed by atoms with Gasteiger partial charge in [0.15, 0.2) is 5.72 Å². The number of hydrogen-bond acceptors (Lipinski definition) is 11. The number of nitrogens with zero attached hydrogens (tertiary/aromatic N) is 2. The second-order valence-corrected chi connectivity index (χ2v) is 15.6. The lowest BCUT2D eigenvalue weighted by molar-refractivity contribution is -0.162. The molecule has 3 aliphatic heterocycles. The number of thioether (sulfide) groups is 1. The van der Waals surface area contributed by atoms with Crippen LogP contribution in [-0.2, 0) is 39.8 Å². The quantitative estimate of drug-likeness (QED) is 0.205. The van der Waals surface area contributed by atoms with Crippen LogP contribution >= 0.6 is 23.4 Å². The number of fused-ring (bicyclic) bond motifs is 5. The molecule has 0 aliphatic carbocycles. The zero-order valence-corrected chi connectivity index (χ0v) is 33.0. The lowest BCUT2D eigenvalue weighted by Gasteiger charge is -2.42. The van der Waals surface area contributed by atoms with E-state index in [0.717, 1.165) is 16.9 Å². The van der Waals surface area contributed by atoms with Gasteiger partial charge >= 0.3 is 12.1 Å². The largest absolute Gasteiger partial charge is 0.495 e. The van der Waals surface area contributed by atoms with E-state index >= 15 is 0 Å². The van der Waals surface area contributed by atoms with E-state index in [1.165, 1.54) is 24.0 Å². The standard InChI is InChI=1S/C37H52ClN3O10S/c1-10-52-15-14-30(42)40(6)23(4)34(44)50-29-19-31(43)41(7)25-17-24(18-26(47-8)32(25)38)16-21(2)12-11-13-28(48-9)37(46)20-27(49-35(45)39-37)22(3)33-36(29,5)51-33/h11-13,17-18,22-23,27-29,33,46H,10,14-16,19-20H2,1-9H3,(H,39,45)/b13-11+,21-12+/t22-,23-,27+,28-,29+,33+,36+,37+/m1/s1. The maximum Gasteiger partial charge on any atom is 0.409 e. The van der Waals surface area contributed by atoms with Crippen molar-refractivity contribution < 1.29 is 48.0 Å². The van der Waals surface area contributed by atoms with Gasteiger partial charge in [-0.15, -0.1) is 0 Å². The Labute approximate surface area is 315 Å². The summed E-state index contributed by atoms with van der Waals surface area (Å²) in [6.07, 6.45) is 1.28. The average Bonchev–Trinajstić information content (AvgIpc) is 3.80. The molecule has 4 rings (SSSR count). The number of nitrogens with one attached hydrogen (secondary N) is 1. The number of methoxy groups -OCH3 is 2. The maximum absolute atomic E-state index is 14.1. The minimum absolute atomic E-state index is 0.0438. The molecule has 0 saturated carbocycles. The van der Waals surface area contributed by atoms with E-state index in [2.05, 4.69) is 5.32 Å². The summed E-state index contributed by atoms with van der Waals surface area (Å²) in [6.45, 7) is 9.04. The number of aliphatic hydroxyl groups is 1. The number of halogens is 1. The highest BCUT2D eigenvalue weighted by molar-refractivity contribution is 7.99. The predicted molar refractivity (Wildman–Crippen MR) is 199 cm³/mol. The summed E-state index contributed by atoms with van der Waals surface area (Å²) >= 11 is 8.38. The molecule has 15 heteroatoms. The minimum Gasteiger partial charge on any atom is -0.495 e. The summed E-state index contributed by atoms with van der Waals surface area (Å²) in [5.41, 5.74) is -0.876. The average molecular weight is 766 g/mol. The Morgan fingerprint density at radius 1 is 1.27 bits per heavy atom. The van der Waals surface area contributed by atoms with Crippen LogP contribution in [0.1, 0.15) is 59.4 Å². The fraction of sp³-hybridized carbons (Fsp3) is 0.622. The number of hydrogen-bond donors (Lipinski definition) is 2. The second kappa shape index (κ2) is 17.2. The Morgan fingerprint density at radius 3 is 2.63 bits per heavy atom. The third kappa shape index (κ3) is 9.25. The number of ether oxygens (including phenoxy) is 5. The van der Waals surface area contributed by atoms with Crippen molar-refractivity contribution in [2.75, 3.05) is 44.7 Å². The highest BCUT2D eigenvalue weighted by Crippen LogP contribution is 2.49. The van der Waals surface area contributed by atoms with Crippen molar-refractivity contribution in [3.63, 3.8) is 0 Å². The molecule has 8 atom stereocenters. The van der Waals surface area contributed by atoms with Crippen molar-refractivity contribution >= 4 is 52.9 Å². The fourth-order valence-electron chi connectivity index (χ4n) is 6.70. The van der Waals surface area contributed by atoms with Crippen LogP contribution in [0.2, 0.25) is 5.02 Å². The number of allylic oxidation sites excluding steroid dienone is 3. The molecule has 13 nitrogen and oxygen atoms in total. The number of likely N-dealkylation sites (N-methyl/N-ethyl adjacent to an activating group) is 1. The van der Waals surface area contributed by atoms with Gasteiger partial charge in [0.25, 0.3) is 0 Å². The number of epoxide rings is 1. The van der Waals surface area contributed by atoms with E-state index in [0.29, 0.717) is 23.6 Å². The SMILES string of the molecule is CCSCCC(=O)N(C)[C@H](C)C(=O)O[C@H]1CC(=O)N(C)c2cc(cc(OC)c2Cl)C/C(C)=C/C=C/[C@@H](OC)[C@@]2(O)C[C@H](OC(=O)N2)[C@@H](C)[C@@H]2O[C@@]12C. The molecule has 0 spiro atoms. The summed E-state index contributed by atoms with van der Waals surface area (Å²) < 4.78 is 29.2. The van der Waals surface area contributed by atoms with E-state index in [4.69, 9.17) is 35.3 Å². The molecule has 0 radical (unpaired) electrons. The summed E-state index contributed by atoms with van der Waals surface area (Å²) in [6, 6.07) is 2.64. The van der Waals surface area contributed by atoms with Crippen LogP contribution in [0.15, 0.2) is 35.9 Å². The monoisotopic (exact) mass is 765 g/mol. The van der Waals surface area contributed by atoms with Gasteiger partial charge in [0.05, 0.1) is 25.3 Å². The molecule has 1 aromatic carbocycles. The van der Waals surface area contributed by atoms with E-state index in [9.17, 15) is 24.3 Å². The number of carbonyl (C=O) groups excluding carboxylic acids is 4. The number of esters is 1. The zero-order chi connectivity index (χ0) is 38.5. The van der Waals surface area contributed by atoms with Crippen molar-refractivity contribution in [3.05, 3.63) is 46.5 Å². The summed E-state index contributed by atoms with van der Waals surface area (Å²) in [5, 5.41) is 14.5. The van der Waals surface area contributed by atoms with Crippen molar-refractivity contribution in [3.8, 4) is 5.75 Å². The molecule has 0 aromatic heterocycles. The highest BCUT2D eigenvalue weighted by Gasteiger charge is 2.64. The predicted octanol–water partition coefficient (Wildman–Crippen LogP) is 4.66. The van der Waals surface area contributed by atoms with E-state index in [-0.39, 0.29) is 30.2 Å². The topological polar surface area (TPSA) is 156 Å². The first-order chi connectivity index (χ1) is 24.5. The number of benzene rings is 1. The van der Waals surface area contributed by atoms with Crippen LogP contribution in [0.4, 0.5) is 10.5 Å². The molecule has 2 N–H and O–H groups in total. The second-order valence-electron chi connectivity index (χ2n) is 13.9. The normalized spacial score (nSPS) is 31.6. The van der Waals surface area contributed by atoms with Gasteiger partial charge in [0.1, 0.15) is 40.7 Å².